The zero-order valence-electron chi connectivity index (χ0n) is 32.0. The van der Waals surface area contributed by atoms with Crippen LogP contribution in [-0.4, -0.2) is 9.13 Å². The van der Waals surface area contributed by atoms with Gasteiger partial charge in [0, 0.05) is 49.4 Å². The fourth-order valence-corrected chi connectivity index (χ4v) is 9.42. The van der Waals surface area contributed by atoms with Crippen LogP contribution in [-0.2, 0) is 0 Å². The lowest BCUT2D eigenvalue weighted by Crippen LogP contribution is -2.09. The van der Waals surface area contributed by atoms with E-state index >= 15 is 0 Å². The Morgan fingerprint density at radius 3 is 1.85 bits per heavy atom. The maximum absolute atomic E-state index is 11.1. The molecular weight excluding hydrogens is 735 g/mol. The molecule has 6 nitrogen and oxygen atoms in total. The molecule has 0 amide bonds. The Balaban J connectivity index is 1.16. The Morgan fingerprint density at radius 2 is 1.08 bits per heavy atom. The lowest BCUT2D eigenvalue weighted by Gasteiger charge is -2.25. The summed E-state index contributed by atoms with van der Waals surface area (Å²) in [6.45, 7) is 8.63. The number of benzene rings is 9. The van der Waals surface area contributed by atoms with Crippen molar-refractivity contribution in [2.45, 2.75) is 0 Å². The van der Waals surface area contributed by atoms with Crippen LogP contribution < -0.4 is 4.90 Å². The number of para-hydroxylation sites is 4. The van der Waals surface area contributed by atoms with E-state index in [0.29, 0.717) is 22.6 Å². The van der Waals surface area contributed by atoms with Gasteiger partial charge >= 0.3 is 0 Å². The number of hydrogen-bond donors (Lipinski definition) is 0. The largest absolute Gasteiger partial charge is 0.456 e. The van der Waals surface area contributed by atoms with Gasteiger partial charge in [-0.3, -0.25) is 0 Å². The van der Waals surface area contributed by atoms with Crippen molar-refractivity contribution in [1.29, 1.82) is 5.26 Å². The van der Waals surface area contributed by atoms with E-state index in [1.165, 1.54) is 0 Å². The Bertz CT molecular complexity index is 3760. The zero-order valence-corrected chi connectivity index (χ0v) is 32.0. The summed E-state index contributed by atoms with van der Waals surface area (Å²) in [4.78, 5) is 6.44. The summed E-state index contributed by atoms with van der Waals surface area (Å²) in [7, 11) is 0. The average Bonchev–Trinajstić information content (AvgIpc) is 3.97. The fraction of sp³-hybridized carbons (Fsp3) is 0. The predicted molar refractivity (Wildman–Crippen MR) is 246 cm³/mol. The lowest BCUT2D eigenvalue weighted by molar-refractivity contribution is 0.669. The van der Waals surface area contributed by atoms with E-state index < -0.39 is 0 Å². The maximum Gasteiger partial charge on any atom is 0.212 e. The van der Waals surface area contributed by atoms with Crippen LogP contribution in [0.15, 0.2) is 192 Å². The third-order valence-corrected chi connectivity index (χ3v) is 11.9. The van der Waals surface area contributed by atoms with E-state index in [1.54, 1.807) is 0 Å². The fourth-order valence-electron chi connectivity index (χ4n) is 9.42. The second-order valence-corrected chi connectivity index (χ2v) is 15.1. The first-order valence-electron chi connectivity index (χ1n) is 19.9. The van der Waals surface area contributed by atoms with E-state index in [0.717, 1.165) is 93.4 Å². The highest BCUT2D eigenvalue weighted by atomic mass is 16.3. The molecule has 12 rings (SSSR count). The van der Waals surface area contributed by atoms with Crippen molar-refractivity contribution >= 4 is 99.1 Å². The Hall–Kier alpha value is -8.58. The first-order chi connectivity index (χ1) is 29.7. The third-order valence-electron chi connectivity index (χ3n) is 11.9. The van der Waals surface area contributed by atoms with Gasteiger partial charge in [-0.1, -0.05) is 103 Å². The highest BCUT2D eigenvalue weighted by molar-refractivity contribution is 6.28. The van der Waals surface area contributed by atoms with E-state index in [4.69, 9.17) is 11.0 Å². The minimum absolute atomic E-state index is 0.445. The van der Waals surface area contributed by atoms with Crippen molar-refractivity contribution in [2.75, 3.05) is 4.90 Å². The van der Waals surface area contributed by atoms with Crippen molar-refractivity contribution in [1.82, 2.24) is 9.13 Å². The molecule has 0 atom stereocenters. The second kappa shape index (κ2) is 13.0. The molecule has 0 N–H and O–H groups in total. The van der Waals surface area contributed by atoms with Gasteiger partial charge in [-0.2, -0.15) is 5.26 Å². The minimum Gasteiger partial charge on any atom is -0.456 e. The molecule has 12 aromatic rings. The van der Waals surface area contributed by atoms with Crippen LogP contribution in [0.3, 0.4) is 0 Å². The molecule has 0 aliphatic heterocycles. The molecule has 0 radical (unpaired) electrons. The normalized spacial score (nSPS) is 11.6. The van der Waals surface area contributed by atoms with Crippen LogP contribution >= 0.6 is 0 Å². The maximum atomic E-state index is 11.1. The summed E-state index contributed by atoms with van der Waals surface area (Å²) in [5, 5.41) is 19.6. The molecule has 0 saturated heterocycles. The van der Waals surface area contributed by atoms with E-state index in [2.05, 4.69) is 158 Å². The van der Waals surface area contributed by atoms with Crippen LogP contribution in [0, 0.1) is 17.9 Å². The molecule has 9 aromatic carbocycles. The van der Waals surface area contributed by atoms with Crippen LogP contribution in [0.4, 0.5) is 22.7 Å². The molecule has 0 bridgehead atoms. The number of anilines is 3. The zero-order chi connectivity index (χ0) is 39.9. The number of nitrogens with zero attached hydrogens (tertiary/aromatic N) is 5. The summed E-state index contributed by atoms with van der Waals surface area (Å²) in [6.07, 6.45) is 0. The molecular formula is C54H31N5O. The van der Waals surface area contributed by atoms with Gasteiger partial charge in [-0.25, -0.2) is 4.85 Å². The molecule has 0 spiro atoms. The number of rotatable bonds is 5. The topological polar surface area (TPSA) is 54.4 Å². The molecule has 0 saturated carbocycles. The van der Waals surface area contributed by atoms with Gasteiger partial charge in [0.15, 0.2) is 0 Å². The minimum atomic E-state index is 0.445. The van der Waals surface area contributed by atoms with Crippen LogP contribution in [0.25, 0.3) is 92.5 Å². The Labute approximate surface area is 344 Å². The standard InChI is InChI=1S/C54H31N5O/c1-56-43-32-48(35(33-55)30-49(43)59-44-22-12-10-20-40(44)52-39-19-9-8-14-34(39)24-26-46(52)59)58-45-27-25-38(57(36-15-4-2-5-16-36)37-17-6-3-7-18-37)31-42(45)53-47(58)28-29-51-54(53)41-21-11-13-23-50(41)60-51/h2-32H. The molecule has 0 aliphatic rings. The average molecular weight is 766 g/mol. The van der Waals surface area contributed by atoms with Gasteiger partial charge in [0.25, 0.3) is 0 Å². The second-order valence-electron chi connectivity index (χ2n) is 15.1. The number of furan rings is 1. The summed E-state index contributed by atoms with van der Waals surface area (Å²) >= 11 is 0. The predicted octanol–water partition coefficient (Wildman–Crippen LogP) is 14.8. The smallest absolute Gasteiger partial charge is 0.212 e. The summed E-state index contributed by atoms with van der Waals surface area (Å²) in [5.41, 5.74) is 10.6. The van der Waals surface area contributed by atoms with Crippen LogP contribution in [0.5, 0.6) is 0 Å². The van der Waals surface area contributed by atoms with Gasteiger partial charge < -0.3 is 18.5 Å². The van der Waals surface area contributed by atoms with E-state index in [9.17, 15) is 5.26 Å². The summed E-state index contributed by atoms with van der Waals surface area (Å²) in [6, 6.07) is 66.9. The van der Waals surface area contributed by atoms with E-state index in [1.807, 2.05) is 54.6 Å². The summed E-state index contributed by atoms with van der Waals surface area (Å²) < 4.78 is 10.8. The molecule has 0 unspecified atom stereocenters. The Kier molecular flexibility index (Phi) is 7.26. The molecule has 60 heavy (non-hydrogen) atoms. The van der Waals surface area contributed by atoms with Gasteiger partial charge in [0.2, 0.25) is 5.69 Å². The number of hydrogen-bond acceptors (Lipinski definition) is 3. The van der Waals surface area contributed by atoms with Gasteiger partial charge in [0.05, 0.1) is 45.6 Å². The molecule has 6 heteroatoms. The van der Waals surface area contributed by atoms with E-state index in [-0.39, 0.29) is 0 Å². The van der Waals surface area contributed by atoms with Crippen molar-refractivity contribution in [3.8, 4) is 17.4 Å². The SMILES string of the molecule is [C-]#[N+]c1cc(-n2c3ccc(N(c4ccccc4)c4ccccc4)cc3c3c4c(ccc32)oc2ccccc24)c(C#N)cc1-n1c2ccccc2c2c3ccccc3ccc21. The molecule has 3 heterocycles. The van der Waals surface area contributed by atoms with Crippen molar-refractivity contribution in [3.05, 3.63) is 205 Å². The van der Waals surface area contributed by atoms with Gasteiger partial charge in [-0.05, 0) is 95.7 Å². The quantitative estimate of drug-likeness (QED) is 0.164. The molecule has 278 valence electrons. The summed E-state index contributed by atoms with van der Waals surface area (Å²) in [5.74, 6) is 0. The van der Waals surface area contributed by atoms with Crippen molar-refractivity contribution < 1.29 is 4.42 Å². The number of nitriles is 1. The van der Waals surface area contributed by atoms with Crippen LogP contribution in [0.1, 0.15) is 5.56 Å². The Morgan fingerprint density at radius 1 is 0.467 bits per heavy atom. The first kappa shape index (κ1) is 33.5. The van der Waals surface area contributed by atoms with Crippen LogP contribution in [0.2, 0.25) is 0 Å². The van der Waals surface area contributed by atoms with Gasteiger partial charge in [-0.15, -0.1) is 0 Å². The van der Waals surface area contributed by atoms with Gasteiger partial charge in [0.1, 0.15) is 17.2 Å². The third kappa shape index (κ3) is 4.80. The molecule has 0 fully saturated rings. The molecule has 0 aliphatic carbocycles. The monoisotopic (exact) mass is 765 g/mol. The number of fused-ring (bicyclic) bond motifs is 12. The number of aromatic nitrogens is 2. The molecule has 3 aromatic heterocycles. The highest BCUT2D eigenvalue weighted by Gasteiger charge is 2.25. The highest BCUT2D eigenvalue weighted by Crippen LogP contribution is 2.46. The lowest BCUT2D eigenvalue weighted by atomic mass is 10.0. The van der Waals surface area contributed by atoms with Crippen molar-refractivity contribution in [3.63, 3.8) is 0 Å². The first-order valence-corrected chi connectivity index (χ1v) is 19.9. The van der Waals surface area contributed by atoms with Crippen molar-refractivity contribution in [2.24, 2.45) is 0 Å².